The number of pyridine rings is 1. The van der Waals surface area contributed by atoms with Crippen LogP contribution in [0.1, 0.15) is 44.9 Å². The van der Waals surface area contributed by atoms with E-state index >= 15 is 0 Å². The molecule has 9 heteroatoms. The lowest BCUT2D eigenvalue weighted by Crippen LogP contribution is -2.32. The Bertz CT molecular complexity index is 1340. The molecule has 1 aliphatic carbocycles. The van der Waals surface area contributed by atoms with E-state index in [0.717, 1.165) is 40.1 Å². The monoisotopic (exact) mass is 459 g/mol. The zero-order valence-electron chi connectivity index (χ0n) is 17.8. The molecule has 1 unspecified atom stereocenters. The van der Waals surface area contributed by atoms with E-state index in [9.17, 15) is 15.0 Å². The molecule has 3 aromatic heterocycles. The molecule has 0 aliphatic heterocycles. The predicted octanol–water partition coefficient (Wildman–Crippen LogP) is 4.32. The number of aliphatic hydroxyl groups is 1. The number of carboxylic acid groups (broad SMARTS) is 1. The van der Waals surface area contributed by atoms with Gasteiger partial charge in [0.05, 0.1) is 22.3 Å². The molecule has 1 aromatic carbocycles. The summed E-state index contributed by atoms with van der Waals surface area (Å²) in [6, 6.07) is 8.80. The molecule has 3 N–H and O–H groups in total. The molecule has 0 saturated carbocycles. The van der Waals surface area contributed by atoms with Crippen molar-refractivity contribution in [1.29, 1.82) is 0 Å². The lowest BCUT2D eigenvalue weighted by molar-refractivity contribution is 0.0607. The second kappa shape index (κ2) is 8.34. The summed E-state index contributed by atoms with van der Waals surface area (Å²) in [5, 5.41) is 24.7. The maximum absolute atomic E-state index is 11.6. The smallest absolute Gasteiger partial charge is 0.335 e. The number of hydrogen-bond donors (Lipinski definition) is 3. The van der Waals surface area contributed by atoms with Crippen molar-refractivity contribution in [1.82, 2.24) is 19.9 Å². The van der Waals surface area contributed by atoms with E-state index in [1.54, 1.807) is 43.0 Å². The minimum Gasteiger partial charge on any atom is -0.478 e. The number of aromatic nitrogens is 4. The molecule has 1 atom stereocenters. The van der Waals surface area contributed by atoms with Crippen molar-refractivity contribution in [2.45, 2.75) is 31.8 Å². The highest BCUT2D eigenvalue weighted by molar-refractivity contribution is 7.15. The summed E-state index contributed by atoms with van der Waals surface area (Å²) in [5.74, 6) is 0.267. The fourth-order valence-electron chi connectivity index (χ4n) is 4.16. The van der Waals surface area contributed by atoms with Gasteiger partial charge < -0.3 is 15.5 Å². The molecule has 0 spiro atoms. The van der Waals surface area contributed by atoms with Gasteiger partial charge in [0, 0.05) is 18.6 Å². The highest BCUT2D eigenvalue weighted by Gasteiger charge is 2.39. The quantitative estimate of drug-likeness (QED) is 0.403. The summed E-state index contributed by atoms with van der Waals surface area (Å²) in [6.45, 7) is 1.99. The van der Waals surface area contributed by atoms with Gasteiger partial charge in [-0.1, -0.05) is 6.07 Å². The number of aromatic carboxylic acids is 1. The van der Waals surface area contributed by atoms with Crippen molar-refractivity contribution in [3.8, 4) is 10.6 Å². The van der Waals surface area contributed by atoms with Gasteiger partial charge in [-0.25, -0.2) is 19.7 Å². The van der Waals surface area contributed by atoms with Crippen LogP contribution < -0.4 is 5.32 Å². The van der Waals surface area contributed by atoms with Gasteiger partial charge in [-0.2, -0.15) is 0 Å². The van der Waals surface area contributed by atoms with Crippen LogP contribution >= 0.6 is 11.3 Å². The van der Waals surface area contributed by atoms with Crippen LogP contribution in [-0.2, 0) is 12.0 Å². The summed E-state index contributed by atoms with van der Waals surface area (Å²) >= 11 is 1.39. The summed E-state index contributed by atoms with van der Waals surface area (Å²) in [4.78, 5) is 29.7. The average molecular weight is 460 g/mol. The van der Waals surface area contributed by atoms with Crippen molar-refractivity contribution in [2.24, 2.45) is 0 Å². The number of carboxylic acids is 1. The van der Waals surface area contributed by atoms with Crippen LogP contribution in [0.3, 0.4) is 0 Å². The fourth-order valence-corrected chi connectivity index (χ4v) is 5.17. The van der Waals surface area contributed by atoms with E-state index in [4.69, 9.17) is 4.98 Å². The van der Waals surface area contributed by atoms with Gasteiger partial charge >= 0.3 is 5.97 Å². The first-order valence-corrected chi connectivity index (χ1v) is 11.3. The van der Waals surface area contributed by atoms with Crippen molar-refractivity contribution in [3.63, 3.8) is 0 Å². The van der Waals surface area contributed by atoms with Crippen LogP contribution in [0.4, 0.5) is 11.6 Å². The Morgan fingerprint density at radius 3 is 2.79 bits per heavy atom. The molecule has 4 aromatic rings. The summed E-state index contributed by atoms with van der Waals surface area (Å²) in [7, 11) is 0. The first-order valence-electron chi connectivity index (χ1n) is 10.5. The van der Waals surface area contributed by atoms with Crippen molar-refractivity contribution in [2.75, 3.05) is 5.32 Å². The first kappa shape index (κ1) is 21.2. The number of aryl methyl sites for hydroxylation is 2. The van der Waals surface area contributed by atoms with E-state index in [0.29, 0.717) is 23.1 Å². The van der Waals surface area contributed by atoms with Crippen LogP contribution in [0, 0.1) is 6.92 Å². The first-order chi connectivity index (χ1) is 15.9. The lowest BCUT2D eigenvalue weighted by atomic mass is 9.79. The Morgan fingerprint density at radius 2 is 2.00 bits per heavy atom. The van der Waals surface area contributed by atoms with E-state index < -0.39 is 11.6 Å². The Labute approximate surface area is 194 Å². The van der Waals surface area contributed by atoms with Crippen LogP contribution in [0.25, 0.3) is 10.6 Å². The lowest BCUT2D eigenvalue weighted by Gasteiger charge is -2.33. The Morgan fingerprint density at radius 1 is 1.12 bits per heavy atom. The van der Waals surface area contributed by atoms with Gasteiger partial charge in [0.1, 0.15) is 22.2 Å². The standard InChI is InChI=1S/C24H21N5O3S/c1-14-9-18(28-20(10-14)29-21-13-25-7-8-26-21)19-12-27-23(33-19)24(32)6-2-3-15-11-16(22(30)31)4-5-17(15)24/h4-5,7-13,32H,2-3,6H2,1H3,(H,30,31)(H,26,28,29). The van der Waals surface area contributed by atoms with Crippen LogP contribution in [0.5, 0.6) is 0 Å². The van der Waals surface area contributed by atoms with Crippen LogP contribution in [0.2, 0.25) is 0 Å². The number of carbonyl (C=O) groups is 1. The Hall–Kier alpha value is -3.69. The minimum atomic E-state index is -1.25. The Kier molecular flexibility index (Phi) is 5.35. The highest BCUT2D eigenvalue weighted by Crippen LogP contribution is 2.43. The summed E-state index contributed by atoms with van der Waals surface area (Å²) < 4.78 is 0. The number of benzene rings is 1. The summed E-state index contributed by atoms with van der Waals surface area (Å²) in [6.07, 6.45) is 8.57. The SMILES string of the molecule is Cc1cc(Nc2cnccn2)nc(-c2cnc(C3(O)CCCc4cc(C(=O)O)ccc43)s2)c1. The third-order valence-corrected chi connectivity index (χ3v) is 6.85. The molecular formula is C24H21N5O3S. The second-order valence-corrected chi connectivity index (χ2v) is 9.08. The van der Waals surface area contributed by atoms with Crippen molar-refractivity contribution < 1.29 is 15.0 Å². The molecule has 0 saturated heterocycles. The van der Waals surface area contributed by atoms with Gasteiger partial charge in [0.15, 0.2) is 0 Å². The number of nitrogens with zero attached hydrogens (tertiary/aromatic N) is 4. The summed E-state index contributed by atoms with van der Waals surface area (Å²) in [5.41, 5.74) is 2.31. The zero-order valence-corrected chi connectivity index (χ0v) is 18.6. The Balaban J connectivity index is 1.49. The molecule has 0 bridgehead atoms. The van der Waals surface area contributed by atoms with E-state index in [1.807, 2.05) is 19.1 Å². The second-order valence-electron chi connectivity index (χ2n) is 8.05. The topological polar surface area (TPSA) is 121 Å². The maximum atomic E-state index is 11.6. The molecule has 0 amide bonds. The highest BCUT2D eigenvalue weighted by atomic mass is 32.1. The predicted molar refractivity (Wildman–Crippen MR) is 125 cm³/mol. The number of hydrogen-bond acceptors (Lipinski definition) is 8. The number of rotatable bonds is 5. The molecular weight excluding hydrogens is 438 g/mol. The van der Waals surface area contributed by atoms with Gasteiger partial charge in [0.2, 0.25) is 0 Å². The molecule has 1 aliphatic rings. The average Bonchev–Trinajstić information content (AvgIpc) is 3.31. The van der Waals surface area contributed by atoms with E-state index in [1.165, 1.54) is 11.3 Å². The molecule has 5 rings (SSSR count). The van der Waals surface area contributed by atoms with Gasteiger partial charge in [-0.3, -0.25) is 4.98 Å². The molecule has 0 fully saturated rings. The van der Waals surface area contributed by atoms with Crippen LogP contribution in [-0.4, -0.2) is 36.1 Å². The largest absolute Gasteiger partial charge is 0.478 e. The molecule has 33 heavy (non-hydrogen) atoms. The number of nitrogens with one attached hydrogen (secondary N) is 1. The normalized spacial score (nSPS) is 17.4. The zero-order chi connectivity index (χ0) is 23.0. The molecule has 166 valence electrons. The molecule has 0 radical (unpaired) electrons. The van der Waals surface area contributed by atoms with Crippen molar-refractivity contribution in [3.05, 3.63) is 82.4 Å². The van der Waals surface area contributed by atoms with E-state index in [-0.39, 0.29) is 5.56 Å². The maximum Gasteiger partial charge on any atom is 0.335 e. The molecule has 3 heterocycles. The van der Waals surface area contributed by atoms with Gasteiger partial charge in [-0.15, -0.1) is 11.3 Å². The van der Waals surface area contributed by atoms with Crippen LogP contribution in [0.15, 0.2) is 55.1 Å². The van der Waals surface area contributed by atoms with E-state index in [2.05, 4.69) is 20.3 Å². The third-order valence-electron chi connectivity index (χ3n) is 5.68. The molecule has 8 nitrogen and oxygen atoms in total. The minimum absolute atomic E-state index is 0.227. The van der Waals surface area contributed by atoms with Crippen molar-refractivity contribution >= 4 is 28.9 Å². The fraction of sp³-hybridized carbons (Fsp3) is 0.208. The number of anilines is 2. The van der Waals surface area contributed by atoms with Gasteiger partial charge in [-0.05, 0) is 67.1 Å². The third kappa shape index (κ3) is 4.08. The van der Waals surface area contributed by atoms with Gasteiger partial charge in [0.25, 0.3) is 0 Å². The number of thiazole rings is 1. The number of fused-ring (bicyclic) bond motifs is 1.